The maximum absolute atomic E-state index is 12.0. The first-order valence-corrected chi connectivity index (χ1v) is 8.46. The van der Waals surface area contributed by atoms with E-state index < -0.39 is 24.0 Å². The highest BCUT2D eigenvalue weighted by molar-refractivity contribution is 8.13. The summed E-state index contributed by atoms with van der Waals surface area (Å²) in [7, 11) is 0. The molecule has 0 aliphatic carbocycles. The van der Waals surface area contributed by atoms with Crippen LogP contribution in [0.1, 0.15) is 13.8 Å². The molecule has 3 amide bonds. The summed E-state index contributed by atoms with van der Waals surface area (Å²) >= 11 is 1.15. The van der Waals surface area contributed by atoms with Crippen molar-refractivity contribution in [1.29, 1.82) is 0 Å². The smallest absolute Gasteiger partial charge is 0.338 e. The molecule has 0 unspecified atom stereocenters. The molecule has 1 fully saturated rings. The third kappa shape index (κ3) is 4.40. The predicted molar refractivity (Wildman–Crippen MR) is 85.2 cm³/mol. The summed E-state index contributed by atoms with van der Waals surface area (Å²) in [6.07, 6.45) is 0. The zero-order valence-electron chi connectivity index (χ0n) is 13.4. The molecule has 0 aromatic carbocycles. The van der Waals surface area contributed by atoms with Crippen LogP contribution in [0.3, 0.4) is 0 Å². The van der Waals surface area contributed by atoms with Crippen LogP contribution < -0.4 is 10.6 Å². The molecule has 2 aliphatic rings. The molecule has 132 valence electrons. The van der Waals surface area contributed by atoms with Crippen LogP contribution in [-0.2, 0) is 19.1 Å². The first-order valence-electron chi connectivity index (χ1n) is 7.47. The molecule has 0 aromatic heterocycles. The molecule has 0 radical (unpaired) electrons. The average Bonchev–Trinajstić information content (AvgIpc) is 2.90. The number of hydrogen-bond acceptors (Lipinski definition) is 7. The van der Waals surface area contributed by atoms with Crippen molar-refractivity contribution in [3.63, 3.8) is 0 Å². The summed E-state index contributed by atoms with van der Waals surface area (Å²) in [6, 6.07) is -1.06. The van der Waals surface area contributed by atoms with Gasteiger partial charge in [-0.05, 0) is 13.8 Å². The van der Waals surface area contributed by atoms with E-state index in [1.807, 2.05) is 0 Å². The Morgan fingerprint density at radius 3 is 2.71 bits per heavy atom. The molecule has 1 saturated heterocycles. The Morgan fingerprint density at radius 2 is 2.08 bits per heavy atom. The predicted octanol–water partition coefficient (Wildman–Crippen LogP) is 0.217. The van der Waals surface area contributed by atoms with Gasteiger partial charge in [0.05, 0.1) is 23.9 Å². The molecular weight excluding hydrogens is 338 g/mol. The lowest BCUT2D eigenvalue weighted by atomic mass is 10.0. The minimum absolute atomic E-state index is 0.157. The van der Waals surface area contributed by atoms with E-state index in [-0.39, 0.29) is 36.3 Å². The van der Waals surface area contributed by atoms with Gasteiger partial charge in [0.1, 0.15) is 13.2 Å². The Morgan fingerprint density at radius 1 is 1.33 bits per heavy atom. The molecule has 2 rings (SSSR count). The lowest BCUT2D eigenvalue weighted by Crippen LogP contribution is -2.50. The van der Waals surface area contributed by atoms with Gasteiger partial charge in [-0.1, -0.05) is 11.8 Å². The van der Waals surface area contributed by atoms with E-state index in [2.05, 4.69) is 10.6 Å². The van der Waals surface area contributed by atoms with Crippen LogP contribution in [0.25, 0.3) is 0 Å². The van der Waals surface area contributed by atoms with Crippen molar-refractivity contribution in [1.82, 2.24) is 15.5 Å². The van der Waals surface area contributed by atoms with Gasteiger partial charge < -0.3 is 25.0 Å². The van der Waals surface area contributed by atoms with Crippen LogP contribution in [0, 0.1) is 0 Å². The Kier molecular flexibility index (Phi) is 6.07. The maximum Gasteiger partial charge on any atom is 0.338 e. The molecule has 0 spiro atoms. The van der Waals surface area contributed by atoms with Gasteiger partial charge in [-0.3, -0.25) is 9.59 Å². The number of ether oxygens (including phenoxy) is 2. The SMILES string of the molecule is CCOC(=O)C1=C(COC(=O)CN2CCSC2=O)NC(=O)N[C@@H]1C. The number of esters is 2. The number of carbonyl (C=O) groups excluding carboxylic acids is 4. The molecule has 24 heavy (non-hydrogen) atoms. The summed E-state index contributed by atoms with van der Waals surface area (Å²) in [6.45, 7) is 3.54. The van der Waals surface area contributed by atoms with Crippen molar-refractivity contribution in [2.75, 3.05) is 32.1 Å². The third-order valence-electron chi connectivity index (χ3n) is 3.41. The van der Waals surface area contributed by atoms with Crippen LogP contribution in [0.2, 0.25) is 0 Å². The van der Waals surface area contributed by atoms with Gasteiger partial charge in [0.2, 0.25) is 0 Å². The van der Waals surface area contributed by atoms with Gasteiger partial charge in [0.25, 0.3) is 5.24 Å². The standard InChI is InChI=1S/C14H19N3O6S/c1-3-22-12(19)11-8(2)15-13(20)16-9(11)7-23-10(18)6-17-4-5-24-14(17)21/h8H,3-7H2,1-2H3,(H2,15,16,20)/t8-/m1/s1. The van der Waals surface area contributed by atoms with Gasteiger partial charge in [-0.25, -0.2) is 9.59 Å². The lowest BCUT2D eigenvalue weighted by Gasteiger charge is -2.26. The molecule has 9 nitrogen and oxygen atoms in total. The lowest BCUT2D eigenvalue weighted by molar-refractivity contribution is -0.144. The van der Waals surface area contributed by atoms with Crippen LogP contribution in [0.15, 0.2) is 11.3 Å². The maximum atomic E-state index is 12.0. The highest BCUT2D eigenvalue weighted by atomic mass is 32.2. The fourth-order valence-corrected chi connectivity index (χ4v) is 3.14. The zero-order chi connectivity index (χ0) is 17.7. The number of amides is 3. The molecule has 2 heterocycles. The Balaban J connectivity index is 2.01. The van der Waals surface area contributed by atoms with Crippen molar-refractivity contribution in [2.45, 2.75) is 19.9 Å². The van der Waals surface area contributed by atoms with Gasteiger partial charge in [0.15, 0.2) is 0 Å². The van der Waals surface area contributed by atoms with Crippen molar-refractivity contribution < 1.29 is 28.7 Å². The minimum Gasteiger partial charge on any atom is -0.463 e. The van der Waals surface area contributed by atoms with Crippen molar-refractivity contribution in [3.8, 4) is 0 Å². The summed E-state index contributed by atoms with van der Waals surface area (Å²) in [5, 5.41) is 4.84. The van der Waals surface area contributed by atoms with E-state index in [9.17, 15) is 19.2 Å². The quantitative estimate of drug-likeness (QED) is 0.654. The molecule has 10 heteroatoms. The number of nitrogens with one attached hydrogen (secondary N) is 2. The first-order chi connectivity index (χ1) is 11.4. The fourth-order valence-electron chi connectivity index (χ4n) is 2.32. The number of nitrogens with zero attached hydrogens (tertiary/aromatic N) is 1. The fraction of sp³-hybridized carbons (Fsp3) is 0.571. The number of thioether (sulfide) groups is 1. The van der Waals surface area contributed by atoms with Crippen molar-refractivity contribution in [2.24, 2.45) is 0 Å². The van der Waals surface area contributed by atoms with Crippen LogP contribution in [-0.4, -0.2) is 66.2 Å². The summed E-state index contributed by atoms with van der Waals surface area (Å²) < 4.78 is 10.1. The molecule has 0 bridgehead atoms. The normalized spacial score (nSPS) is 20.6. The Labute approximate surface area is 143 Å². The van der Waals surface area contributed by atoms with Gasteiger partial charge in [-0.2, -0.15) is 0 Å². The van der Waals surface area contributed by atoms with Crippen LogP contribution >= 0.6 is 11.8 Å². The Hall–Kier alpha value is -2.23. The van der Waals surface area contributed by atoms with Crippen LogP contribution in [0.5, 0.6) is 0 Å². The monoisotopic (exact) mass is 357 g/mol. The molecular formula is C14H19N3O6S. The highest BCUT2D eigenvalue weighted by Gasteiger charge is 2.30. The minimum atomic E-state index is -0.609. The van der Waals surface area contributed by atoms with Crippen molar-refractivity contribution in [3.05, 3.63) is 11.3 Å². The second-order valence-corrected chi connectivity index (χ2v) is 6.18. The van der Waals surface area contributed by atoms with E-state index in [4.69, 9.17) is 9.47 Å². The third-order valence-corrected chi connectivity index (χ3v) is 4.30. The number of urea groups is 1. The van der Waals surface area contributed by atoms with Crippen LogP contribution in [0.4, 0.5) is 9.59 Å². The second-order valence-electron chi connectivity index (χ2n) is 5.13. The molecule has 0 aromatic rings. The number of hydrogen-bond donors (Lipinski definition) is 2. The van der Waals surface area contributed by atoms with Gasteiger partial charge in [-0.15, -0.1) is 0 Å². The van der Waals surface area contributed by atoms with E-state index >= 15 is 0 Å². The van der Waals surface area contributed by atoms with Gasteiger partial charge in [0, 0.05) is 12.3 Å². The van der Waals surface area contributed by atoms with E-state index in [1.165, 1.54) is 4.90 Å². The summed E-state index contributed by atoms with van der Waals surface area (Å²) in [5.74, 6) is -0.555. The number of carbonyl (C=O) groups is 4. The van der Waals surface area contributed by atoms with Gasteiger partial charge >= 0.3 is 18.0 Å². The highest BCUT2D eigenvalue weighted by Crippen LogP contribution is 2.17. The average molecular weight is 357 g/mol. The van der Waals surface area contributed by atoms with E-state index in [1.54, 1.807) is 13.8 Å². The summed E-state index contributed by atoms with van der Waals surface area (Å²) in [4.78, 5) is 48.3. The molecule has 2 aliphatic heterocycles. The number of rotatable bonds is 6. The van der Waals surface area contributed by atoms with Crippen molar-refractivity contribution >= 4 is 35.0 Å². The first kappa shape index (κ1) is 18.1. The van der Waals surface area contributed by atoms with E-state index in [0.717, 1.165) is 11.8 Å². The molecule has 0 saturated carbocycles. The topological polar surface area (TPSA) is 114 Å². The largest absolute Gasteiger partial charge is 0.463 e. The zero-order valence-corrected chi connectivity index (χ0v) is 14.2. The molecule has 1 atom stereocenters. The second kappa shape index (κ2) is 8.04. The summed E-state index contributed by atoms with van der Waals surface area (Å²) in [5.41, 5.74) is 0.386. The Bertz CT molecular complexity index is 591. The molecule has 2 N–H and O–H groups in total. The van der Waals surface area contributed by atoms with E-state index in [0.29, 0.717) is 12.3 Å².